The van der Waals surface area contributed by atoms with Crippen molar-refractivity contribution in [3.8, 4) is 0 Å². The first-order valence-corrected chi connectivity index (χ1v) is 31.4. The fourth-order valence-electron chi connectivity index (χ4n) is 9.51. The maximum absolute atomic E-state index is 12.9. The molecule has 3 unspecified atom stereocenters. The topological polar surface area (TPSA) is 207 Å². The number of ether oxygens (including phenoxy) is 8. The molecule has 6 atom stereocenters. The fraction of sp³-hybridized carbons (Fsp3) is 0.769. The predicted octanol–water partition coefficient (Wildman–Crippen LogP) is 11.7. The van der Waals surface area contributed by atoms with Gasteiger partial charge in [-0.25, -0.2) is 0 Å². The van der Waals surface area contributed by atoms with E-state index in [1.54, 1.807) is 0 Å². The number of hydrogen-bond donors (Lipinski definition) is 3. The molecular formula is C65H113N3O14. The average molecular weight is 1160 g/mol. The minimum atomic E-state index is -1.22. The molecule has 0 saturated carbocycles. The first-order chi connectivity index (χ1) is 39.6. The third kappa shape index (κ3) is 42.6. The molecule has 3 N–H and O–H groups in total. The van der Waals surface area contributed by atoms with Crippen molar-refractivity contribution in [2.45, 2.75) is 245 Å². The number of nitrogens with zero attached hydrogens (tertiary/aromatic N) is 1. The summed E-state index contributed by atoms with van der Waals surface area (Å²) in [6.45, 7) is 15.1. The Kier molecular flexibility index (Phi) is 47.3. The first kappa shape index (κ1) is 75.8. The van der Waals surface area contributed by atoms with Crippen LogP contribution in [0.4, 0.5) is 0 Å². The van der Waals surface area contributed by atoms with Crippen molar-refractivity contribution in [2.75, 3.05) is 72.9 Å². The van der Waals surface area contributed by atoms with Gasteiger partial charge in [-0.3, -0.25) is 28.9 Å². The van der Waals surface area contributed by atoms with Crippen molar-refractivity contribution < 1.29 is 67.0 Å². The maximum Gasteiger partial charge on any atom is 0.303 e. The predicted molar refractivity (Wildman–Crippen MR) is 325 cm³/mol. The summed E-state index contributed by atoms with van der Waals surface area (Å²) < 4.78 is 45.7. The second kappa shape index (κ2) is 51.2. The summed E-state index contributed by atoms with van der Waals surface area (Å²) in [5, 5.41) is 17.5. The molecule has 0 bridgehead atoms. The Morgan fingerprint density at radius 3 is 1.59 bits per heavy atom. The van der Waals surface area contributed by atoms with E-state index in [9.17, 15) is 29.1 Å². The molecule has 472 valence electrons. The van der Waals surface area contributed by atoms with E-state index < -0.39 is 60.2 Å². The number of unbranched alkanes of at least 4 members (excludes halogenated alkanes) is 18. The van der Waals surface area contributed by atoms with Crippen LogP contribution in [0.2, 0.25) is 0 Å². The van der Waals surface area contributed by atoms with E-state index in [0.717, 1.165) is 64.2 Å². The molecule has 0 spiro atoms. The highest BCUT2D eigenvalue weighted by Gasteiger charge is 2.51. The lowest BCUT2D eigenvalue weighted by atomic mass is 9.96. The van der Waals surface area contributed by atoms with Crippen LogP contribution in [0.1, 0.15) is 208 Å². The van der Waals surface area contributed by atoms with Crippen LogP contribution in [0.25, 0.3) is 0 Å². The van der Waals surface area contributed by atoms with Gasteiger partial charge in [0.2, 0.25) is 11.8 Å². The molecule has 2 amide bonds. The van der Waals surface area contributed by atoms with Gasteiger partial charge >= 0.3 is 17.9 Å². The molecule has 82 heavy (non-hydrogen) atoms. The number of hydrogen-bond acceptors (Lipinski definition) is 15. The van der Waals surface area contributed by atoms with Crippen LogP contribution in [0, 0.1) is 5.92 Å². The molecule has 0 aromatic carbocycles. The minimum absolute atomic E-state index is 0.0106. The number of aliphatic hydroxyl groups is 1. The fourth-order valence-corrected chi connectivity index (χ4v) is 9.51. The van der Waals surface area contributed by atoms with Gasteiger partial charge in [-0.1, -0.05) is 146 Å². The molecule has 0 aromatic rings. The van der Waals surface area contributed by atoms with Gasteiger partial charge in [0.1, 0.15) is 18.8 Å². The van der Waals surface area contributed by atoms with Crippen molar-refractivity contribution in [3.05, 3.63) is 61.3 Å². The van der Waals surface area contributed by atoms with Crippen LogP contribution in [0.5, 0.6) is 0 Å². The maximum atomic E-state index is 12.9. The van der Waals surface area contributed by atoms with Gasteiger partial charge in [0.25, 0.3) is 0 Å². The van der Waals surface area contributed by atoms with Crippen LogP contribution < -0.4 is 10.6 Å². The standard InChI is InChI=1S/C65H113N3O14/c1-9-12-14-16-18-20-22-24-26-28-30-32-34-36-38-40-42-65(74,43-41-39-37-35-33-31-29-27-25-23-21-19-17-15-13-10-2)79-52-58(11-3)50-68(8)51-60(73)66-44-45-75-46-47-76-48-49-77-64-61(67-54(4)69)63(81-57(7)72)62(80-56(6)71)59(82-64)53-78-55(5)70/h11,18-21,24-27,58-59,61-64,74H,3,9-10,12-17,22-23,28-53H2,1-2,4-8H3,(H,66,73)(H,67,69)/b20-18-,21-19-,26-24-,27-25-/t58-,59?,61?,62-,63?,64+/m0/s1. The SMILES string of the molecule is C=C[C@H](COC(O)(CCCCCCCC/C=C\C/C=C\CCCCC)CCCCCCCC/C=C\C/C=C\CCCCC)CN(C)CC(=O)NCCOCCOCCO[C@@H]1OC(COC(C)=O)[C@H](OC(C)=O)C(OC(C)=O)C1NC(C)=O. The Labute approximate surface area is 495 Å². The van der Waals surface area contributed by atoms with Crippen LogP contribution in [0.15, 0.2) is 61.3 Å². The van der Waals surface area contributed by atoms with Gasteiger partial charge in [0.15, 0.2) is 24.3 Å². The molecule has 0 aromatic heterocycles. The lowest BCUT2D eigenvalue weighted by Gasteiger charge is -2.44. The van der Waals surface area contributed by atoms with Gasteiger partial charge in [-0.15, -0.1) is 6.58 Å². The molecular weight excluding hydrogens is 1050 g/mol. The molecule has 17 nitrogen and oxygen atoms in total. The highest BCUT2D eigenvalue weighted by molar-refractivity contribution is 5.78. The Hall–Kier alpha value is -4.23. The Bertz CT molecular complexity index is 1740. The largest absolute Gasteiger partial charge is 0.463 e. The van der Waals surface area contributed by atoms with E-state index in [2.05, 4.69) is 79.7 Å². The van der Waals surface area contributed by atoms with Crippen LogP contribution in [0.3, 0.4) is 0 Å². The number of carbonyl (C=O) groups excluding carboxylic acids is 5. The zero-order valence-electron chi connectivity index (χ0n) is 52.0. The van der Waals surface area contributed by atoms with Gasteiger partial charge in [-0.2, -0.15) is 0 Å². The number of rotatable bonds is 53. The number of esters is 3. The highest BCUT2D eigenvalue weighted by atomic mass is 16.7. The molecule has 1 fully saturated rings. The number of nitrogens with one attached hydrogen (secondary N) is 2. The second-order valence-electron chi connectivity index (χ2n) is 21.8. The van der Waals surface area contributed by atoms with Crippen LogP contribution in [-0.2, 0) is 61.9 Å². The van der Waals surface area contributed by atoms with Crippen LogP contribution in [-0.4, -0.2) is 149 Å². The van der Waals surface area contributed by atoms with Crippen molar-refractivity contribution in [2.24, 2.45) is 5.92 Å². The zero-order chi connectivity index (χ0) is 60.3. The molecule has 0 aliphatic carbocycles. The third-order valence-electron chi connectivity index (χ3n) is 13.9. The Balaban J connectivity index is 2.55. The summed E-state index contributed by atoms with van der Waals surface area (Å²) in [6.07, 6.45) is 44.7. The molecule has 0 radical (unpaired) electrons. The minimum Gasteiger partial charge on any atom is -0.463 e. The Morgan fingerprint density at radius 2 is 1.10 bits per heavy atom. The number of amides is 2. The number of carbonyl (C=O) groups is 5. The molecule has 1 aliphatic rings. The van der Waals surface area contributed by atoms with E-state index in [-0.39, 0.29) is 58.0 Å². The molecule has 1 heterocycles. The van der Waals surface area contributed by atoms with E-state index in [1.807, 2.05) is 18.0 Å². The summed E-state index contributed by atoms with van der Waals surface area (Å²) in [7, 11) is 1.88. The first-order valence-electron chi connectivity index (χ1n) is 31.4. The van der Waals surface area contributed by atoms with Crippen molar-refractivity contribution in [1.29, 1.82) is 0 Å². The van der Waals surface area contributed by atoms with Crippen molar-refractivity contribution >= 4 is 29.7 Å². The van der Waals surface area contributed by atoms with E-state index in [4.69, 9.17) is 37.9 Å². The van der Waals surface area contributed by atoms with Gasteiger partial charge in [0, 0.05) is 59.5 Å². The normalized spacial score (nSPS) is 18.0. The lowest BCUT2D eigenvalue weighted by molar-refractivity contribution is -0.279. The summed E-state index contributed by atoms with van der Waals surface area (Å²) in [5.74, 6) is -3.93. The second-order valence-corrected chi connectivity index (χ2v) is 21.8. The number of allylic oxidation sites excluding steroid dienone is 8. The van der Waals surface area contributed by atoms with Crippen molar-refractivity contribution in [3.63, 3.8) is 0 Å². The molecule has 1 aliphatic heterocycles. The number of likely N-dealkylation sites (N-methyl/N-ethyl adjacent to an activating group) is 1. The molecule has 17 heteroatoms. The summed E-state index contributed by atoms with van der Waals surface area (Å²) in [4.78, 5) is 62.7. The van der Waals surface area contributed by atoms with E-state index in [1.165, 1.54) is 118 Å². The summed E-state index contributed by atoms with van der Waals surface area (Å²) in [5.41, 5.74) is 0. The average Bonchev–Trinajstić information content (AvgIpc) is 3.64. The van der Waals surface area contributed by atoms with Gasteiger partial charge in [-0.05, 0) is 84.1 Å². The molecule has 1 rings (SSSR count). The van der Waals surface area contributed by atoms with Gasteiger partial charge in [0.05, 0.1) is 46.2 Å². The van der Waals surface area contributed by atoms with Crippen LogP contribution >= 0.6 is 0 Å². The highest BCUT2D eigenvalue weighted by Crippen LogP contribution is 2.29. The third-order valence-corrected chi connectivity index (χ3v) is 13.9. The van der Waals surface area contributed by atoms with E-state index >= 15 is 0 Å². The van der Waals surface area contributed by atoms with Gasteiger partial charge < -0.3 is 53.6 Å². The smallest absolute Gasteiger partial charge is 0.303 e. The summed E-state index contributed by atoms with van der Waals surface area (Å²) >= 11 is 0. The monoisotopic (exact) mass is 1160 g/mol. The lowest BCUT2D eigenvalue weighted by Crippen LogP contribution is -2.66. The van der Waals surface area contributed by atoms with E-state index in [0.29, 0.717) is 32.5 Å². The molecule has 1 saturated heterocycles. The Morgan fingerprint density at radius 1 is 0.622 bits per heavy atom. The van der Waals surface area contributed by atoms with Crippen molar-refractivity contribution in [1.82, 2.24) is 15.5 Å². The zero-order valence-corrected chi connectivity index (χ0v) is 52.0. The summed E-state index contributed by atoms with van der Waals surface area (Å²) in [6, 6.07) is -1.08. The quantitative estimate of drug-likeness (QED) is 0.0170.